The summed E-state index contributed by atoms with van der Waals surface area (Å²) in [5.41, 5.74) is 12.7. The first-order chi connectivity index (χ1) is 11.0. The maximum Gasteiger partial charge on any atom is 0.239 e. The molecule has 3 amide bonds. The maximum atomic E-state index is 11.9. The number of carbonyl (C=O) groups is 3. The van der Waals surface area contributed by atoms with Gasteiger partial charge in [0.15, 0.2) is 0 Å². The normalized spacial score (nSPS) is 11.9. The van der Waals surface area contributed by atoms with Crippen LogP contribution in [0.25, 0.3) is 10.9 Å². The molecule has 2 aromatic rings. The Balaban J connectivity index is 1.85. The molecule has 1 heterocycles. The summed E-state index contributed by atoms with van der Waals surface area (Å²) in [7, 11) is 0. The van der Waals surface area contributed by atoms with E-state index in [9.17, 15) is 14.4 Å². The third-order valence-corrected chi connectivity index (χ3v) is 3.33. The molecule has 0 saturated carbocycles. The third-order valence-electron chi connectivity index (χ3n) is 3.33. The highest BCUT2D eigenvalue weighted by Gasteiger charge is 2.16. The molecule has 0 saturated heterocycles. The van der Waals surface area contributed by atoms with Crippen molar-refractivity contribution in [3.05, 3.63) is 36.0 Å². The molecule has 0 fully saturated rings. The second-order valence-electron chi connectivity index (χ2n) is 5.13. The number of carbonyl (C=O) groups excluding carboxylic acids is 3. The highest BCUT2D eigenvalue weighted by molar-refractivity contribution is 5.90. The number of nitrogens with two attached hydrogens (primary N) is 2. The van der Waals surface area contributed by atoms with Gasteiger partial charge in [0.25, 0.3) is 0 Å². The number of hydrogen-bond acceptors (Lipinski definition) is 4. The van der Waals surface area contributed by atoms with E-state index < -0.39 is 23.8 Å². The number of H-pyrrole nitrogens is 1. The van der Waals surface area contributed by atoms with Gasteiger partial charge in [-0.2, -0.15) is 0 Å². The second-order valence-corrected chi connectivity index (χ2v) is 5.13. The summed E-state index contributed by atoms with van der Waals surface area (Å²) in [5.74, 6) is -1.60. The number of aromatic nitrogens is 1. The summed E-state index contributed by atoms with van der Waals surface area (Å²) in [6.45, 7) is -0.524. The number of benzene rings is 1. The zero-order valence-electron chi connectivity index (χ0n) is 12.5. The van der Waals surface area contributed by atoms with E-state index in [1.807, 2.05) is 30.5 Å². The number of aromatic amines is 1. The predicted molar refractivity (Wildman–Crippen MR) is 85.2 cm³/mol. The molecule has 0 aliphatic heterocycles. The van der Waals surface area contributed by atoms with Gasteiger partial charge in [-0.15, -0.1) is 0 Å². The number of primary amides is 1. The average molecular weight is 317 g/mol. The first-order valence-electron chi connectivity index (χ1n) is 7.10. The van der Waals surface area contributed by atoms with Crippen LogP contribution in [0.5, 0.6) is 0 Å². The smallest absolute Gasteiger partial charge is 0.239 e. The minimum Gasteiger partial charge on any atom is -0.368 e. The van der Waals surface area contributed by atoms with E-state index in [-0.39, 0.29) is 13.1 Å². The molecule has 0 spiro atoms. The van der Waals surface area contributed by atoms with E-state index in [1.165, 1.54) is 0 Å². The minimum atomic E-state index is -0.779. The second kappa shape index (κ2) is 7.41. The van der Waals surface area contributed by atoms with E-state index in [0.29, 0.717) is 6.42 Å². The molecule has 23 heavy (non-hydrogen) atoms. The van der Waals surface area contributed by atoms with Crippen LogP contribution < -0.4 is 22.1 Å². The van der Waals surface area contributed by atoms with Gasteiger partial charge in [0.05, 0.1) is 19.1 Å². The van der Waals surface area contributed by atoms with E-state index in [0.717, 1.165) is 16.5 Å². The van der Waals surface area contributed by atoms with Crippen LogP contribution in [0.15, 0.2) is 30.5 Å². The molecule has 2 rings (SSSR count). The molecular weight excluding hydrogens is 298 g/mol. The Morgan fingerprint density at radius 2 is 1.87 bits per heavy atom. The fourth-order valence-corrected chi connectivity index (χ4v) is 2.18. The van der Waals surface area contributed by atoms with Gasteiger partial charge in [-0.3, -0.25) is 14.4 Å². The van der Waals surface area contributed by atoms with Crippen molar-refractivity contribution in [3.63, 3.8) is 0 Å². The number of amides is 3. The van der Waals surface area contributed by atoms with E-state index in [1.54, 1.807) is 0 Å². The molecule has 0 unspecified atom stereocenters. The zero-order valence-corrected chi connectivity index (χ0v) is 12.5. The van der Waals surface area contributed by atoms with Crippen molar-refractivity contribution in [1.82, 2.24) is 15.6 Å². The Morgan fingerprint density at radius 3 is 2.61 bits per heavy atom. The molecule has 0 bridgehead atoms. The lowest BCUT2D eigenvalue weighted by Crippen LogP contribution is -2.46. The van der Waals surface area contributed by atoms with Crippen molar-refractivity contribution < 1.29 is 14.4 Å². The number of nitrogens with one attached hydrogen (secondary N) is 3. The van der Waals surface area contributed by atoms with Crippen molar-refractivity contribution in [2.75, 3.05) is 13.1 Å². The summed E-state index contributed by atoms with van der Waals surface area (Å²) >= 11 is 0. The number of para-hydroxylation sites is 1. The third kappa shape index (κ3) is 4.55. The van der Waals surface area contributed by atoms with Crippen LogP contribution in [0.3, 0.4) is 0 Å². The number of rotatable bonds is 7. The fourth-order valence-electron chi connectivity index (χ4n) is 2.18. The molecule has 7 N–H and O–H groups in total. The lowest BCUT2D eigenvalue weighted by molar-refractivity contribution is -0.127. The molecule has 122 valence electrons. The van der Waals surface area contributed by atoms with Crippen LogP contribution in [0.1, 0.15) is 5.56 Å². The Kier molecular flexibility index (Phi) is 5.32. The van der Waals surface area contributed by atoms with Crippen LogP contribution >= 0.6 is 0 Å². The molecule has 8 heteroatoms. The highest BCUT2D eigenvalue weighted by Crippen LogP contribution is 2.18. The molecule has 0 aliphatic carbocycles. The fraction of sp³-hybridized carbons (Fsp3) is 0.267. The monoisotopic (exact) mass is 317 g/mol. The van der Waals surface area contributed by atoms with Gasteiger partial charge in [-0.25, -0.2) is 0 Å². The highest BCUT2D eigenvalue weighted by atomic mass is 16.2. The van der Waals surface area contributed by atoms with Crippen molar-refractivity contribution >= 4 is 28.6 Å². The van der Waals surface area contributed by atoms with Crippen LogP contribution in [-0.2, 0) is 20.8 Å². The summed E-state index contributed by atoms with van der Waals surface area (Å²) in [6.07, 6.45) is 2.16. The average Bonchev–Trinajstić information content (AvgIpc) is 2.93. The van der Waals surface area contributed by atoms with Gasteiger partial charge >= 0.3 is 0 Å². The van der Waals surface area contributed by atoms with Crippen LogP contribution in [0, 0.1) is 0 Å². The molecule has 1 aromatic carbocycles. The van der Waals surface area contributed by atoms with E-state index in [4.69, 9.17) is 11.5 Å². The molecule has 1 aromatic heterocycles. The van der Waals surface area contributed by atoms with Crippen molar-refractivity contribution in [1.29, 1.82) is 0 Å². The van der Waals surface area contributed by atoms with Crippen molar-refractivity contribution in [3.8, 4) is 0 Å². The maximum absolute atomic E-state index is 11.9. The zero-order chi connectivity index (χ0) is 16.8. The standard InChI is InChI=1S/C15H19N5O3/c16-11(15(23)20-8-14(22)19-7-13(17)21)5-9-6-18-12-4-2-1-3-10(9)12/h1-4,6,11,18H,5,7-8,16H2,(H2,17,21)(H,19,22)(H,20,23)/t11-/m0/s1. The topological polar surface area (TPSA) is 143 Å². The van der Waals surface area contributed by atoms with Gasteiger partial charge in [0, 0.05) is 17.1 Å². The Morgan fingerprint density at radius 1 is 1.13 bits per heavy atom. The summed E-state index contributed by atoms with van der Waals surface area (Å²) in [6, 6.07) is 6.93. The SMILES string of the molecule is NC(=O)CNC(=O)CNC(=O)[C@@H](N)Cc1c[nH]c2ccccc12. The summed E-state index contributed by atoms with van der Waals surface area (Å²) in [4.78, 5) is 37.0. The van der Waals surface area contributed by atoms with Gasteiger partial charge < -0.3 is 27.1 Å². The molecule has 8 nitrogen and oxygen atoms in total. The van der Waals surface area contributed by atoms with Crippen LogP contribution in [-0.4, -0.2) is 41.8 Å². The Hall–Kier alpha value is -2.87. The van der Waals surface area contributed by atoms with E-state index >= 15 is 0 Å². The molecular formula is C15H19N5O3. The quantitative estimate of drug-likeness (QED) is 0.435. The number of fused-ring (bicyclic) bond motifs is 1. The van der Waals surface area contributed by atoms with Crippen molar-refractivity contribution in [2.45, 2.75) is 12.5 Å². The van der Waals surface area contributed by atoms with Gasteiger partial charge in [-0.05, 0) is 18.1 Å². The Labute approximate surface area is 132 Å². The van der Waals surface area contributed by atoms with Gasteiger partial charge in [-0.1, -0.05) is 18.2 Å². The lowest BCUT2D eigenvalue weighted by Gasteiger charge is -2.11. The summed E-state index contributed by atoms with van der Waals surface area (Å²) < 4.78 is 0. The predicted octanol–water partition coefficient (Wildman–Crippen LogP) is -1.24. The summed E-state index contributed by atoms with van der Waals surface area (Å²) in [5, 5.41) is 5.71. The minimum absolute atomic E-state index is 0.256. The molecule has 0 radical (unpaired) electrons. The first-order valence-corrected chi connectivity index (χ1v) is 7.10. The first kappa shape index (κ1) is 16.5. The van der Waals surface area contributed by atoms with Crippen molar-refractivity contribution in [2.24, 2.45) is 11.5 Å². The van der Waals surface area contributed by atoms with Gasteiger partial charge in [0.1, 0.15) is 0 Å². The largest absolute Gasteiger partial charge is 0.368 e. The van der Waals surface area contributed by atoms with Gasteiger partial charge in [0.2, 0.25) is 17.7 Å². The van der Waals surface area contributed by atoms with E-state index in [2.05, 4.69) is 15.6 Å². The number of hydrogen-bond donors (Lipinski definition) is 5. The molecule has 1 atom stereocenters. The lowest BCUT2D eigenvalue weighted by atomic mass is 10.1. The Bertz CT molecular complexity index is 725. The molecule has 0 aliphatic rings. The van der Waals surface area contributed by atoms with Crippen LogP contribution in [0.4, 0.5) is 0 Å². The van der Waals surface area contributed by atoms with Crippen LogP contribution in [0.2, 0.25) is 0 Å².